The van der Waals surface area contributed by atoms with Crippen LogP contribution in [-0.2, 0) is 19.4 Å². The summed E-state index contributed by atoms with van der Waals surface area (Å²) in [6.45, 7) is 3.10. The van der Waals surface area contributed by atoms with Gasteiger partial charge in [-0.15, -0.1) is 0 Å². The van der Waals surface area contributed by atoms with E-state index in [2.05, 4.69) is 0 Å². The van der Waals surface area contributed by atoms with E-state index in [9.17, 15) is 13.2 Å². The summed E-state index contributed by atoms with van der Waals surface area (Å²) in [4.78, 5) is 13.8. The molecule has 0 aromatic carbocycles. The molecule has 1 aliphatic heterocycles. The summed E-state index contributed by atoms with van der Waals surface area (Å²) in [5.74, 6) is 0.0819. The fraction of sp³-hybridized carbons (Fsp3) is 0.923. The zero-order valence-electron chi connectivity index (χ0n) is 11.6. The molecular formula is C13H23NO4S. The Bertz CT molecular complexity index is 412. The molecule has 1 saturated heterocycles. The summed E-state index contributed by atoms with van der Waals surface area (Å²) in [6.07, 6.45) is 5.33. The van der Waals surface area contributed by atoms with Crippen LogP contribution in [0.2, 0.25) is 0 Å². The number of ether oxygens (including phenoxy) is 1. The molecule has 0 aromatic rings. The van der Waals surface area contributed by atoms with Gasteiger partial charge in [0.1, 0.15) is 5.60 Å². The molecule has 1 heterocycles. The molecule has 110 valence electrons. The van der Waals surface area contributed by atoms with E-state index in [1.165, 1.54) is 6.42 Å². The van der Waals surface area contributed by atoms with Crippen molar-refractivity contribution in [1.82, 2.24) is 4.90 Å². The second-order valence-electron chi connectivity index (χ2n) is 5.91. The van der Waals surface area contributed by atoms with Crippen molar-refractivity contribution < 1.29 is 17.9 Å². The number of rotatable bonds is 3. The van der Waals surface area contributed by atoms with Crippen molar-refractivity contribution >= 4 is 15.8 Å². The number of nitrogens with zero attached hydrogens (tertiary/aromatic N) is 1. The molecular weight excluding hydrogens is 266 g/mol. The minimum absolute atomic E-state index is 0.150. The van der Waals surface area contributed by atoms with Gasteiger partial charge in [-0.25, -0.2) is 8.42 Å². The van der Waals surface area contributed by atoms with Crippen molar-refractivity contribution in [2.75, 3.05) is 31.1 Å². The zero-order chi connectivity index (χ0) is 13.9. The maximum Gasteiger partial charge on any atom is 0.320 e. The summed E-state index contributed by atoms with van der Waals surface area (Å²) in [5.41, 5.74) is -0.308. The monoisotopic (exact) mass is 289 g/mol. The van der Waals surface area contributed by atoms with Gasteiger partial charge in [0.2, 0.25) is 0 Å². The first-order valence-corrected chi connectivity index (χ1v) is 8.85. The van der Waals surface area contributed by atoms with E-state index in [0.717, 1.165) is 25.7 Å². The SMILES string of the molecule is CC1(OC(=O)CN2CCS(=O)(=O)CC2)CCCCC1. The summed E-state index contributed by atoms with van der Waals surface area (Å²) in [7, 11) is -2.88. The number of carbonyl (C=O) groups is 1. The van der Waals surface area contributed by atoms with Gasteiger partial charge in [-0.3, -0.25) is 9.69 Å². The highest BCUT2D eigenvalue weighted by atomic mass is 32.2. The molecule has 0 unspecified atom stereocenters. The predicted octanol–water partition coefficient (Wildman–Crippen LogP) is 0.983. The molecule has 1 saturated carbocycles. The van der Waals surface area contributed by atoms with Gasteiger partial charge in [0.05, 0.1) is 18.1 Å². The summed E-state index contributed by atoms with van der Waals surface area (Å²) in [5, 5.41) is 0. The highest BCUT2D eigenvalue weighted by molar-refractivity contribution is 7.91. The molecule has 0 aromatic heterocycles. The van der Waals surface area contributed by atoms with Crippen LogP contribution in [0.4, 0.5) is 0 Å². The van der Waals surface area contributed by atoms with Crippen LogP contribution in [0.25, 0.3) is 0 Å². The van der Waals surface area contributed by atoms with Gasteiger partial charge in [0.15, 0.2) is 9.84 Å². The highest BCUT2D eigenvalue weighted by Crippen LogP contribution is 2.31. The molecule has 19 heavy (non-hydrogen) atoms. The van der Waals surface area contributed by atoms with Gasteiger partial charge in [-0.05, 0) is 32.6 Å². The van der Waals surface area contributed by atoms with Crippen molar-refractivity contribution in [2.45, 2.75) is 44.6 Å². The lowest BCUT2D eigenvalue weighted by Crippen LogP contribution is -2.45. The second kappa shape index (κ2) is 5.79. The number of hydrogen-bond acceptors (Lipinski definition) is 5. The van der Waals surface area contributed by atoms with E-state index < -0.39 is 9.84 Å². The molecule has 0 spiro atoms. The fourth-order valence-electron chi connectivity index (χ4n) is 2.80. The van der Waals surface area contributed by atoms with Crippen LogP contribution in [-0.4, -0.2) is 56.0 Å². The Labute approximate surface area is 115 Å². The maximum absolute atomic E-state index is 11.9. The summed E-state index contributed by atoms with van der Waals surface area (Å²) < 4.78 is 28.2. The molecule has 1 aliphatic carbocycles. The van der Waals surface area contributed by atoms with E-state index in [0.29, 0.717) is 13.1 Å². The Morgan fingerprint density at radius 2 is 1.74 bits per heavy atom. The molecule has 2 fully saturated rings. The van der Waals surface area contributed by atoms with E-state index in [-0.39, 0.29) is 29.6 Å². The van der Waals surface area contributed by atoms with Crippen molar-refractivity contribution in [1.29, 1.82) is 0 Å². The number of carbonyl (C=O) groups excluding carboxylic acids is 1. The summed E-state index contributed by atoms with van der Waals surface area (Å²) in [6, 6.07) is 0. The van der Waals surface area contributed by atoms with Crippen LogP contribution in [0.5, 0.6) is 0 Å². The lowest BCUT2D eigenvalue weighted by molar-refractivity contribution is -0.162. The molecule has 0 atom stereocenters. The standard InChI is InChI=1S/C13H23NO4S/c1-13(5-3-2-4-6-13)18-12(15)11-14-7-9-19(16,17)10-8-14/h2-11H2,1H3. The van der Waals surface area contributed by atoms with Crippen molar-refractivity contribution in [3.63, 3.8) is 0 Å². The zero-order valence-corrected chi connectivity index (χ0v) is 12.4. The first-order chi connectivity index (χ1) is 8.89. The second-order valence-corrected chi connectivity index (χ2v) is 8.22. The van der Waals surface area contributed by atoms with Gasteiger partial charge in [-0.2, -0.15) is 0 Å². The minimum Gasteiger partial charge on any atom is -0.458 e. The summed E-state index contributed by atoms with van der Waals surface area (Å²) >= 11 is 0. The third-order valence-corrected chi connectivity index (χ3v) is 5.67. The largest absolute Gasteiger partial charge is 0.458 e. The molecule has 0 N–H and O–H groups in total. The minimum atomic E-state index is -2.88. The Kier molecular flexibility index (Phi) is 4.50. The molecule has 0 amide bonds. The topological polar surface area (TPSA) is 63.7 Å². The normalized spacial score (nSPS) is 26.8. The number of esters is 1. The lowest BCUT2D eigenvalue weighted by Gasteiger charge is -2.34. The van der Waals surface area contributed by atoms with Crippen molar-refractivity contribution in [3.05, 3.63) is 0 Å². The van der Waals surface area contributed by atoms with Crippen molar-refractivity contribution in [2.24, 2.45) is 0 Å². The van der Waals surface area contributed by atoms with Gasteiger partial charge in [-0.1, -0.05) is 6.42 Å². The van der Waals surface area contributed by atoms with Gasteiger partial charge < -0.3 is 4.74 Å². The third-order valence-electron chi connectivity index (χ3n) is 4.06. The van der Waals surface area contributed by atoms with Crippen LogP contribution in [0.3, 0.4) is 0 Å². The fourth-order valence-corrected chi connectivity index (χ4v) is 4.08. The van der Waals surface area contributed by atoms with Crippen LogP contribution in [0.15, 0.2) is 0 Å². The molecule has 6 heteroatoms. The molecule has 0 radical (unpaired) electrons. The van der Waals surface area contributed by atoms with E-state index in [1.54, 1.807) is 0 Å². The predicted molar refractivity (Wildman–Crippen MR) is 72.7 cm³/mol. The average Bonchev–Trinajstić information content (AvgIpc) is 2.32. The number of hydrogen-bond donors (Lipinski definition) is 0. The Hall–Kier alpha value is -0.620. The Morgan fingerprint density at radius 1 is 1.16 bits per heavy atom. The quantitative estimate of drug-likeness (QED) is 0.725. The Balaban J connectivity index is 1.78. The third kappa shape index (κ3) is 4.45. The average molecular weight is 289 g/mol. The van der Waals surface area contributed by atoms with Crippen molar-refractivity contribution in [3.8, 4) is 0 Å². The van der Waals surface area contributed by atoms with E-state index in [1.807, 2.05) is 11.8 Å². The first-order valence-electron chi connectivity index (χ1n) is 7.03. The smallest absolute Gasteiger partial charge is 0.320 e. The molecule has 2 aliphatic rings. The van der Waals surface area contributed by atoms with Crippen LogP contribution in [0.1, 0.15) is 39.0 Å². The first kappa shape index (κ1) is 14.8. The molecule has 0 bridgehead atoms. The van der Waals surface area contributed by atoms with Crippen LogP contribution < -0.4 is 0 Å². The van der Waals surface area contributed by atoms with Gasteiger partial charge in [0.25, 0.3) is 0 Å². The number of sulfone groups is 1. The van der Waals surface area contributed by atoms with Gasteiger partial charge in [0, 0.05) is 13.1 Å². The highest BCUT2D eigenvalue weighted by Gasteiger charge is 2.32. The van der Waals surface area contributed by atoms with Crippen LogP contribution >= 0.6 is 0 Å². The van der Waals surface area contributed by atoms with E-state index in [4.69, 9.17) is 4.74 Å². The Morgan fingerprint density at radius 3 is 2.32 bits per heavy atom. The molecule has 2 rings (SSSR count). The maximum atomic E-state index is 11.9. The lowest BCUT2D eigenvalue weighted by atomic mass is 9.86. The molecule has 5 nitrogen and oxygen atoms in total. The van der Waals surface area contributed by atoms with E-state index >= 15 is 0 Å². The van der Waals surface area contributed by atoms with Gasteiger partial charge >= 0.3 is 5.97 Å². The van der Waals surface area contributed by atoms with Crippen LogP contribution in [0, 0.1) is 0 Å².